The minimum atomic E-state index is 0.598. The molecule has 4 aromatic heterocycles. The van der Waals surface area contributed by atoms with Crippen LogP contribution in [0.5, 0.6) is 0 Å². The number of aromatic nitrogens is 4. The molecule has 4 heterocycles. The Labute approximate surface area is 327 Å². The van der Waals surface area contributed by atoms with E-state index in [1.807, 2.05) is 60.7 Å². The fraction of sp³-hybridized carbons (Fsp3) is 0.0392. The summed E-state index contributed by atoms with van der Waals surface area (Å²) >= 11 is 0. The zero-order valence-corrected chi connectivity index (χ0v) is 30.7. The molecule has 0 aliphatic heterocycles. The third-order valence-electron chi connectivity index (χ3n) is 11.3. The molecule has 0 saturated heterocycles. The number of hydrogen-bond acceptors (Lipinski definition) is 5. The molecule has 0 amide bonds. The summed E-state index contributed by atoms with van der Waals surface area (Å²) in [5.74, 6) is 2.83. The number of allylic oxidation sites excluding steroid dienone is 1. The van der Waals surface area contributed by atoms with E-state index in [1.54, 1.807) is 0 Å². The van der Waals surface area contributed by atoms with Crippen molar-refractivity contribution in [2.45, 2.75) is 12.8 Å². The van der Waals surface area contributed by atoms with Crippen molar-refractivity contribution in [1.82, 2.24) is 19.5 Å². The molecule has 268 valence electrons. The fourth-order valence-corrected chi connectivity index (χ4v) is 8.80. The average molecular weight is 733 g/mol. The van der Waals surface area contributed by atoms with Crippen LogP contribution in [0.1, 0.15) is 23.3 Å². The predicted molar refractivity (Wildman–Crippen MR) is 229 cm³/mol. The third-order valence-corrected chi connectivity index (χ3v) is 11.3. The summed E-state index contributed by atoms with van der Waals surface area (Å²) in [5, 5.41) is 5.71. The minimum absolute atomic E-state index is 0.598. The van der Waals surface area contributed by atoms with Gasteiger partial charge in [-0.2, -0.15) is 0 Å². The molecule has 11 aromatic rings. The lowest BCUT2D eigenvalue weighted by atomic mass is 9.88. The van der Waals surface area contributed by atoms with Gasteiger partial charge in [-0.3, -0.25) is 0 Å². The second-order valence-electron chi connectivity index (χ2n) is 14.6. The SMILES string of the molecule is C1=C(c2cccc3c2oc2cccc(-n4c5ccccc5c5ccccc54)c23)c2c(oc3cc(-c4nc(-c5ccccc5)nc(-c5ccccc5)n4)ccc23)CC1. The van der Waals surface area contributed by atoms with Crippen LogP contribution >= 0.6 is 0 Å². The summed E-state index contributed by atoms with van der Waals surface area (Å²) in [6.07, 6.45) is 4.02. The zero-order chi connectivity index (χ0) is 37.5. The van der Waals surface area contributed by atoms with Gasteiger partial charge in [0.25, 0.3) is 0 Å². The molecule has 57 heavy (non-hydrogen) atoms. The quantitative estimate of drug-likeness (QED) is 0.176. The molecule has 0 spiro atoms. The molecule has 0 unspecified atom stereocenters. The smallest absolute Gasteiger partial charge is 0.164 e. The normalized spacial score (nSPS) is 12.9. The third kappa shape index (κ3) is 4.94. The molecule has 12 rings (SSSR count). The summed E-state index contributed by atoms with van der Waals surface area (Å²) in [6, 6.07) is 56.6. The van der Waals surface area contributed by atoms with Crippen LogP contribution in [0.3, 0.4) is 0 Å². The van der Waals surface area contributed by atoms with E-state index in [0.717, 1.165) is 90.6 Å². The Balaban J connectivity index is 1.00. The first kappa shape index (κ1) is 31.7. The number of aryl methyl sites for hydroxylation is 1. The molecule has 1 aliphatic rings. The molecule has 0 fully saturated rings. The molecule has 7 aromatic carbocycles. The first-order valence-electron chi connectivity index (χ1n) is 19.3. The molecular weight excluding hydrogens is 701 g/mol. The van der Waals surface area contributed by atoms with Crippen molar-refractivity contribution >= 4 is 60.3 Å². The van der Waals surface area contributed by atoms with Crippen molar-refractivity contribution in [2.75, 3.05) is 0 Å². The van der Waals surface area contributed by atoms with Gasteiger partial charge in [0.05, 0.1) is 22.1 Å². The van der Waals surface area contributed by atoms with Gasteiger partial charge >= 0.3 is 0 Å². The Morgan fingerprint density at radius 1 is 0.474 bits per heavy atom. The highest BCUT2D eigenvalue weighted by molar-refractivity contribution is 6.16. The monoisotopic (exact) mass is 732 g/mol. The van der Waals surface area contributed by atoms with Gasteiger partial charge < -0.3 is 13.4 Å². The van der Waals surface area contributed by atoms with Crippen LogP contribution in [0.25, 0.3) is 100 Å². The highest BCUT2D eigenvalue weighted by atomic mass is 16.3. The van der Waals surface area contributed by atoms with E-state index in [4.69, 9.17) is 23.8 Å². The topological polar surface area (TPSA) is 69.9 Å². The van der Waals surface area contributed by atoms with Gasteiger partial charge in [0.1, 0.15) is 22.5 Å². The Hall–Kier alpha value is -7.57. The summed E-state index contributed by atoms with van der Waals surface area (Å²) in [7, 11) is 0. The van der Waals surface area contributed by atoms with Gasteiger partial charge in [0.15, 0.2) is 17.5 Å². The van der Waals surface area contributed by atoms with Crippen LogP contribution < -0.4 is 0 Å². The number of hydrogen-bond donors (Lipinski definition) is 0. The Bertz CT molecular complexity index is 3300. The maximum absolute atomic E-state index is 6.87. The molecule has 0 atom stereocenters. The van der Waals surface area contributed by atoms with Gasteiger partial charge in [-0.1, -0.05) is 133 Å². The van der Waals surface area contributed by atoms with E-state index in [9.17, 15) is 0 Å². The van der Waals surface area contributed by atoms with E-state index in [1.165, 1.54) is 21.8 Å². The maximum atomic E-state index is 6.87. The number of para-hydroxylation sites is 3. The van der Waals surface area contributed by atoms with E-state index in [-0.39, 0.29) is 0 Å². The van der Waals surface area contributed by atoms with Crippen LogP contribution in [-0.4, -0.2) is 19.5 Å². The van der Waals surface area contributed by atoms with Crippen LogP contribution in [0, 0.1) is 0 Å². The number of benzene rings is 7. The van der Waals surface area contributed by atoms with Crippen molar-refractivity contribution in [3.05, 3.63) is 187 Å². The van der Waals surface area contributed by atoms with Crippen molar-refractivity contribution in [2.24, 2.45) is 0 Å². The Morgan fingerprint density at radius 2 is 1.09 bits per heavy atom. The molecule has 0 saturated carbocycles. The highest BCUT2D eigenvalue weighted by Gasteiger charge is 2.26. The second kappa shape index (κ2) is 12.5. The van der Waals surface area contributed by atoms with Crippen LogP contribution in [0.4, 0.5) is 0 Å². The van der Waals surface area contributed by atoms with Gasteiger partial charge in [-0.05, 0) is 48.4 Å². The molecule has 6 nitrogen and oxygen atoms in total. The Morgan fingerprint density at radius 3 is 1.79 bits per heavy atom. The van der Waals surface area contributed by atoms with Crippen molar-refractivity contribution in [3.63, 3.8) is 0 Å². The molecule has 0 N–H and O–H groups in total. The standard InChI is InChI=1S/C51H32N4O2/c1-3-14-31(15-4-1)49-52-50(32-16-5-2-6-17-32)54-51(53-49)33-28-29-38-45(30-33)56-43-26-12-20-36(46(38)43)37-21-11-22-39-47-42(25-13-27-44(47)57-48(37)39)55-40-23-9-7-18-34(40)35-19-8-10-24-41(35)55/h1-11,13-25,27-30H,12,26H2. The molecule has 0 radical (unpaired) electrons. The molecule has 0 bridgehead atoms. The summed E-state index contributed by atoms with van der Waals surface area (Å²) < 4.78 is 16.0. The average Bonchev–Trinajstić information content (AvgIpc) is 3.96. The second-order valence-corrected chi connectivity index (χ2v) is 14.6. The molecular formula is C51H32N4O2. The number of furan rings is 2. The number of rotatable bonds is 5. The predicted octanol–water partition coefficient (Wildman–Crippen LogP) is 13.0. The first-order valence-corrected chi connectivity index (χ1v) is 19.3. The van der Waals surface area contributed by atoms with Gasteiger partial charge in [0.2, 0.25) is 0 Å². The van der Waals surface area contributed by atoms with E-state index >= 15 is 0 Å². The van der Waals surface area contributed by atoms with Crippen LogP contribution in [-0.2, 0) is 6.42 Å². The maximum Gasteiger partial charge on any atom is 0.164 e. The number of nitrogens with zero attached hydrogens (tertiary/aromatic N) is 4. The summed E-state index contributed by atoms with van der Waals surface area (Å²) in [4.78, 5) is 14.8. The largest absolute Gasteiger partial charge is 0.460 e. The highest BCUT2D eigenvalue weighted by Crippen LogP contribution is 2.45. The van der Waals surface area contributed by atoms with Crippen LogP contribution in [0.2, 0.25) is 0 Å². The summed E-state index contributed by atoms with van der Waals surface area (Å²) in [5.41, 5.74) is 12.0. The van der Waals surface area contributed by atoms with Gasteiger partial charge in [-0.25, -0.2) is 15.0 Å². The lowest BCUT2D eigenvalue weighted by Crippen LogP contribution is -2.00. The molecule has 6 heteroatoms. The van der Waals surface area contributed by atoms with Crippen LogP contribution in [0.15, 0.2) is 179 Å². The van der Waals surface area contributed by atoms with Gasteiger partial charge in [-0.15, -0.1) is 0 Å². The zero-order valence-electron chi connectivity index (χ0n) is 30.7. The van der Waals surface area contributed by atoms with Crippen molar-refractivity contribution in [3.8, 4) is 39.9 Å². The first-order chi connectivity index (χ1) is 28.3. The van der Waals surface area contributed by atoms with Crippen molar-refractivity contribution < 1.29 is 8.83 Å². The van der Waals surface area contributed by atoms with E-state index < -0.39 is 0 Å². The van der Waals surface area contributed by atoms with E-state index in [0.29, 0.717) is 17.5 Å². The van der Waals surface area contributed by atoms with Gasteiger partial charge in [0, 0.05) is 55.8 Å². The lowest BCUT2D eigenvalue weighted by Gasteiger charge is -2.14. The lowest BCUT2D eigenvalue weighted by molar-refractivity contribution is 0.545. The van der Waals surface area contributed by atoms with E-state index in [2.05, 4.69) is 114 Å². The minimum Gasteiger partial charge on any atom is -0.460 e. The fourth-order valence-electron chi connectivity index (χ4n) is 8.80. The summed E-state index contributed by atoms with van der Waals surface area (Å²) in [6.45, 7) is 0. The van der Waals surface area contributed by atoms with Crippen molar-refractivity contribution in [1.29, 1.82) is 0 Å². The Kier molecular flexibility index (Phi) is 6.95. The number of fused-ring (bicyclic) bond motifs is 9. The molecule has 1 aliphatic carbocycles.